The molecule has 2 nitrogen and oxygen atoms in total. The molecule has 0 aromatic heterocycles. The number of thiol groups is 4. The second kappa shape index (κ2) is 11.9. The van der Waals surface area contributed by atoms with Gasteiger partial charge in [-0.3, -0.25) is 0 Å². The maximum atomic E-state index is 8.42. The SMILES string of the molecule is Sc1ccccc1S.Sc1ccccc1S.[O]=[Ni][OH]. The van der Waals surface area contributed by atoms with E-state index >= 15 is 0 Å². The standard InChI is InChI=1S/2C6H6S2.Ni.H2O.O/c2*7-5-3-1-2-4-6(5)8;;;/h2*1-4,7-8H;;1H2;/q;;+1;;/p-1. The summed E-state index contributed by atoms with van der Waals surface area (Å²) in [6, 6.07) is 15.4. The molecule has 0 bridgehead atoms. The summed E-state index contributed by atoms with van der Waals surface area (Å²) in [7, 11) is 0. The Balaban J connectivity index is 0.000000284. The van der Waals surface area contributed by atoms with Crippen LogP contribution in [0.1, 0.15) is 0 Å². The molecule has 2 aromatic carbocycles. The van der Waals surface area contributed by atoms with E-state index in [1.807, 2.05) is 48.5 Å². The second-order valence-electron chi connectivity index (χ2n) is 3.04. The van der Waals surface area contributed by atoms with Crippen molar-refractivity contribution in [2.75, 3.05) is 0 Å². The van der Waals surface area contributed by atoms with E-state index in [4.69, 9.17) is 8.15 Å². The molecule has 19 heavy (non-hydrogen) atoms. The summed E-state index contributed by atoms with van der Waals surface area (Å²) in [6.45, 7) is 0. The molecule has 0 aliphatic heterocycles. The first kappa shape index (κ1) is 19.1. The predicted molar refractivity (Wildman–Crippen MR) is 84.8 cm³/mol. The summed E-state index contributed by atoms with van der Waals surface area (Å²) in [4.78, 5) is 3.71. The molecular formula is C12H13NiO2S4. The molecule has 0 spiro atoms. The van der Waals surface area contributed by atoms with E-state index in [2.05, 4.69) is 50.5 Å². The second-order valence-corrected chi connectivity index (χ2v) is 5.14. The van der Waals surface area contributed by atoms with Crippen LogP contribution in [0.4, 0.5) is 0 Å². The van der Waals surface area contributed by atoms with Crippen LogP contribution >= 0.6 is 50.5 Å². The van der Waals surface area contributed by atoms with Crippen LogP contribution in [-0.4, -0.2) is 4.25 Å². The molecule has 0 saturated heterocycles. The number of rotatable bonds is 0. The molecule has 0 saturated carbocycles. The zero-order valence-electron chi connectivity index (χ0n) is 9.58. The van der Waals surface area contributed by atoms with Crippen molar-refractivity contribution in [2.24, 2.45) is 0 Å². The van der Waals surface area contributed by atoms with E-state index in [-0.39, 0.29) is 0 Å². The first-order valence-electron chi connectivity index (χ1n) is 4.82. The van der Waals surface area contributed by atoms with Gasteiger partial charge in [-0.2, -0.15) is 0 Å². The van der Waals surface area contributed by atoms with E-state index in [9.17, 15) is 0 Å². The molecule has 0 atom stereocenters. The van der Waals surface area contributed by atoms with E-state index in [1.54, 1.807) is 0 Å². The van der Waals surface area contributed by atoms with Crippen molar-refractivity contribution in [3.8, 4) is 0 Å². The van der Waals surface area contributed by atoms with Crippen LogP contribution < -0.4 is 0 Å². The van der Waals surface area contributed by atoms with Gasteiger partial charge >= 0.3 is 22.8 Å². The third-order valence-corrected chi connectivity index (χ3v) is 3.68. The monoisotopic (exact) mass is 375 g/mol. The van der Waals surface area contributed by atoms with Gasteiger partial charge in [-0.05, 0) is 24.3 Å². The minimum atomic E-state index is -0.625. The van der Waals surface area contributed by atoms with Crippen LogP contribution in [-0.2, 0) is 18.6 Å². The van der Waals surface area contributed by atoms with Crippen molar-refractivity contribution < 1.29 is 22.8 Å². The summed E-state index contributed by atoms with van der Waals surface area (Å²) in [5.74, 6) is 0. The van der Waals surface area contributed by atoms with Crippen LogP contribution in [0.15, 0.2) is 68.1 Å². The summed E-state index contributed by atoms with van der Waals surface area (Å²) in [5.41, 5.74) is 0. The van der Waals surface area contributed by atoms with Crippen molar-refractivity contribution in [2.45, 2.75) is 19.6 Å². The Labute approximate surface area is 141 Å². The fraction of sp³-hybridized carbons (Fsp3) is 0. The summed E-state index contributed by atoms with van der Waals surface area (Å²) in [5, 5.41) is 0. The molecule has 107 valence electrons. The zero-order chi connectivity index (χ0) is 14.7. The topological polar surface area (TPSA) is 37.3 Å². The fourth-order valence-electron chi connectivity index (χ4n) is 0.928. The third-order valence-electron chi connectivity index (χ3n) is 1.76. The Bertz CT molecular complexity index is 423. The first-order chi connectivity index (χ1) is 9.02. The quantitative estimate of drug-likeness (QED) is 0.358. The van der Waals surface area contributed by atoms with E-state index in [1.165, 1.54) is 0 Å². The van der Waals surface area contributed by atoms with Crippen LogP contribution in [0.5, 0.6) is 0 Å². The Morgan fingerprint density at radius 3 is 0.947 bits per heavy atom. The van der Waals surface area contributed by atoms with Crippen molar-refractivity contribution in [1.82, 2.24) is 0 Å². The molecule has 7 heteroatoms. The van der Waals surface area contributed by atoms with Crippen LogP contribution in [0, 0.1) is 0 Å². The molecule has 2 rings (SSSR count). The van der Waals surface area contributed by atoms with Crippen LogP contribution in [0.3, 0.4) is 0 Å². The van der Waals surface area contributed by atoms with Crippen LogP contribution in [0.2, 0.25) is 0 Å². The summed E-state index contributed by atoms with van der Waals surface area (Å²) >= 11 is 15.9. The average molecular weight is 376 g/mol. The van der Waals surface area contributed by atoms with E-state index in [0.29, 0.717) is 0 Å². The molecular weight excluding hydrogens is 363 g/mol. The maximum absolute atomic E-state index is 8.42. The molecule has 0 aliphatic rings. The molecule has 1 N–H and O–H groups in total. The third kappa shape index (κ3) is 9.60. The zero-order valence-corrected chi connectivity index (χ0v) is 14.1. The molecule has 0 fully saturated rings. The van der Waals surface area contributed by atoms with E-state index in [0.717, 1.165) is 19.6 Å². The Morgan fingerprint density at radius 2 is 0.842 bits per heavy atom. The van der Waals surface area contributed by atoms with Gasteiger partial charge in [0.2, 0.25) is 0 Å². The van der Waals surface area contributed by atoms with Crippen LogP contribution in [0.25, 0.3) is 0 Å². The number of hydrogen-bond acceptors (Lipinski definition) is 5. The van der Waals surface area contributed by atoms with Crippen molar-refractivity contribution in [1.29, 1.82) is 0 Å². The summed E-state index contributed by atoms with van der Waals surface area (Å²) < 4.78 is 15.4. The molecule has 0 radical (unpaired) electrons. The Kier molecular flexibility index (Phi) is 11.9. The van der Waals surface area contributed by atoms with Crippen molar-refractivity contribution in [3.63, 3.8) is 0 Å². The predicted octanol–water partition coefficient (Wildman–Crippen LogP) is 3.85. The molecule has 0 amide bonds. The fourth-order valence-corrected chi connectivity index (χ4v) is 1.57. The number of benzene rings is 2. The van der Waals surface area contributed by atoms with Gasteiger partial charge in [-0.15, -0.1) is 50.5 Å². The van der Waals surface area contributed by atoms with Gasteiger partial charge in [0.1, 0.15) is 0 Å². The Hall–Kier alpha value is 0.0935. The van der Waals surface area contributed by atoms with Gasteiger partial charge in [-0.25, -0.2) is 0 Å². The van der Waals surface area contributed by atoms with E-state index < -0.39 is 14.7 Å². The van der Waals surface area contributed by atoms with Crippen molar-refractivity contribution in [3.05, 3.63) is 48.5 Å². The van der Waals surface area contributed by atoms with Gasteiger partial charge in [0.05, 0.1) is 0 Å². The summed E-state index contributed by atoms with van der Waals surface area (Å²) in [6.07, 6.45) is 0. The van der Waals surface area contributed by atoms with Gasteiger partial charge < -0.3 is 0 Å². The first-order valence-corrected chi connectivity index (χ1v) is 7.45. The number of hydrogen-bond donors (Lipinski definition) is 5. The normalized spacial score (nSPS) is 8.89. The molecule has 2 aromatic rings. The van der Waals surface area contributed by atoms with Crippen molar-refractivity contribution >= 4 is 50.5 Å². The van der Waals surface area contributed by atoms with Gasteiger partial charge in [0.25, 0.3) is 0 Å². The van der Waals surface area contributed by atoms with Gasteiger partial charge in [0.15, 0.2) is 0 Å². The molecule has 0 aliphatic carbocycles. The molecule has 0 heterocycles. The minimum absolute atomic E-state index is 0.625. The van der Waals surface area contributed by atoms with Gasteiger partial charge in [0, 0.05) is 19.6 Å². The Morgan fingerprint density at radius 1 is 0.684 bits per heavy atom. The van der Waals surface area contributed by atoms with Gasteiger partial charge in [-0.1, -0.05) is 24.3 Å². The average Bonchev–Trinajstić information content (AvgIpc) is 2.38. The molecule has 0 unspecified atom stereocenters.